The molecule has 4 rings (SSSR count). The molecular weight excluding hydrogens is 390 g/mol. The summed E-state index contributed by atoms with van der Waals surface area (Å²) in [4.78, 5) is 0. The third kappa shape index (κ3) is 2.03. The number of nitrogens with zero attached hydrogens (tertiary/aromatic N) is 1. The molecule has 0 aliphatic rings. The van der Waals surface area contributed by atoms with E-state index in [4.69, 9.17) is 0 Å². The highest BCUT2D eigenvalue weighted by Gasteiger charge is 2.13. The maximum absolute atomic E-state index is 3.71. The van der Waals surface area contributed by atoms with E-state index in [0.717, 1.165) is 14.6 Å². The molecule has 0 bridgehead atoms. The number of rotatable bonds is 1. The van der Waals surface area contributed by atoms with Crippen molar-refractivity contribution in [1.82, 2.24) is 4.57 Å². The zero-order valence-corrected chi connectivity index (χ0v) is 14.2. The van der Waals surface area contributed by atoms with E-state index in [0.29, 0.717) is 0 Å². The highest BCUT2D eigenvalue weighted by atomic mass is 79.9. The van der Waals surface area contributed by atoms with Crippen molar-refractivity contribution in [3.8, 4) is 5.69 Å². The Bertz CT molecular complexity index is 952. The molecule has 0 unspecified atom stereocenters. The fourth-order valence-electron chi connectivity index (χ4n) is 2.84. The molecule has 102 valence electrons. The van der Waals surface area contributed by atoms with Crippen LogP contribution in [-0.2, 0) is 0 Å². The van der Waals surface area contributed by atoms with E-state index < -0.39 is 0 Å². The lowest BCUT2D eigenvalue weighted by atomic mass is 10.2. The topological polar surface area (TPSA) is 4.93 Å². The zero-order valence-electron chi connectivity index (χ0n) is 11.1. The van der Waals surface area contributed by atoms with Crippen LogP contribution in [-0.4, -0.2) is 4.57 Å². The number of hydrogen-bond acceptors (Lipinski definition) is 0. The van der Waals surface area contributed by atoms with Gasteiger partial charge in [-0.3, -0.25) is 0 Å². The van der Waals surface area contributed by atoms with Gasteiger partial charge in [-0.05, 0) is 52.3 Å². The normalized spacial score (nSPS) is 11.3. The number of halogens is 2. The SMILES string of the molecule is Brc1ccc(-n2c3ccccc3c3cccc(Br)c32)cc1. The van der Waals surface area contributed by atoms with Gasteiger partial charge in [-0.2, -0.15) is 0 Å². The first-order valence-corrected chi connectivity index (χ1v) is 8.28. The van der Waals surface area contributed by atoms with Crippen molar-refractivity contribution >= 4 is 53.7 Å². The number of para-hydroxylation sites is 2. The summed E-state index contributed by atoms with van der Waals surface area (Å²) in [5.41, 5.74) is 3.60. The third-order valence-electron chi connectivity index (χ3n) is 3.73. The van der Waals surface area contributed by atoms with Crippen molar-refractivity contribution in [2.45, 2.75) is 0 Å². The first-order chi connectivity index (χ1) is 10.3. The average molecular weight is 401 g/mol. The minimum Gasteiger partial charge on any atom is -0.308 e. The number of hydrogen-bond donors (Lipinski definition) is 0. The zero-order chi connectivity index (χ0) is 14.4. The molecular formula is C18H11Br2N. The summed E-state index contributed by atoms with van der Waals surface area (Å²) in [6.07, 6.45) is 0. The number of fused-ring (bicyclic) bond motifs is 3. The second kappa shape index (κ2) is 5.00. The van der Waals surface area contributed by atoms with E-state index in [-0.39, 0.29) is 0 Å². The maximum atomic E-state index is 3.71. The van der Waals surface area contributed by atoms with Gasteiger partial charge in [0.1, 0.15) is 0 Å². The van der Waals surface area contributed by atoms with Crippen LogP contribution in [0.5, 0.6) is 0 Å². The van der Waals surface area contributed by atoms with Gasteiger partial charge in [0, 0.05) is 25.4 Å². The third-order valence-corrected chi connectivity index (χ3v) is 4.90. The van der Waals surface area contributed by atoms with E-state index in [1.54, 1.807) is 0 Å². The van der Waals surface area contributed by atoms with Crippen molar-refractivity contribution in [3.63, 3.8) is 0 Å². The van der Waals surface area contributed by atoms with Gasteiger partial charge in [0.2, 0.25) is 0 Å². The van der Waals surface area contributed by atoms with Crippen LogP contribution in [0.1, 0.15) is 0 Å². The Morgan fingerprint density at radius 2 is 1.38 bits per heavy atom. The lowest BCUT2D eigenvalue weighted by molar-refractivity contribution is 1.17. The van der Waals surface area contributed by atoms with Gasteiger partial charge < -0.3 is 4.57 Å². The predicted octanol–water partition coefficient (Wildman–Crippen LogP) is 6.31. The Morgan fingerprint density at radius 1 is 0.667 bits per heavy atom. The summed E-state index contributed by atoms with van der Waals surface area (Å²) < 4.78 is 4.51. The summed E-state index contributed by atoms with van der Waals surface area (Å²) in [6, 6.07) is 23.3. The monoisotopic (exact) mass is 399 g/mol. The van der Waals surface area contributed by atoms with Gasteiger partial charge in [-0.1, -0.05) is 46.3 Å². The summed E-state index contributed by atoms with van der Waals surface area (Å²) in [5.74, 6) is 0. The molecule has 1 aromatic heterocycles. The lowest BCUT2D eigenvalue weighted by Crippen LogP contribution is -1.93. The average Bonchev–Trinajstić information content (AvgIpc) is 2.84. The molecule has 21 heavy (non-hydrogen) atoms. The van der Waals surface area contributed by atoms with Crippen LogP contribution < -0.4 is 0 Å². The van der Waals surface area contributed by atoms with Crippen molar-refractivity contribution in [2.24, 2.45) is 0 Å². The number of benzene rings is 3. The molecule has 0 spiro atoms. The Kier molecular flexibility index (Phi) is 3.12. The Morgan fingerprint density at radius 3 is 2.19 bits per heavy atom. The van der Waals surface area contributed by atoms with Gasteiger partial charge in [-0.15, -0.1) is 0 Å². The fourth-order valence-corrected chi connectivity index (χ4v) is 3.64. The van der Waals surface area contributed by atoms with Crippen LogP contribution in [0.4, 0.5) is 0 Å². The van der Waals surface area contributed by atoms with Gasteiger partial charge in [0.05, 0.1) is 11.0 Å². The van der Waals surface area contributed by atoms with E-state index >= 15 is 0 Å². The van der Waals surface area contributed by atoms with Crippen molar-refractivity contribution in [1.29, 1.82) is 0 Å². The standard InChI is InChI=1S/C18H11Br2N/c19-12-8-10-13(11-9-12)21-17-7-2-1-4-14(17)15-5-3-6-16(20)18(15)21/h1-11H. The molecule has 0 atom stereocenters. The molecule has 0 amide bonds. The van der Waals surface area contributed by atoms with Crippen molar-refractivity contribution in [2.75, 3.05) is 0 Å². The van der Waals surface area contributed by atoms with Crippen molar-refractivity contribution in [3.05, 3.63) is 75.7 Å². The molecule has 0 radical (unpaired) electrons. The number of aromatic nitrogens is 1. The molecule has 0 N–H and O–H groups in total. The summed E-state index contributed by atoms with van der Waals surface area (Å²) in [7, 11) is 0. The Balaban J connectivity index is 2.21. The molecule has 1 heterocycles. The van der Waals surface area contributed by atoms with Gasteiger partial charge in [0.25, 0.3) is 0 Å². The molecule has 3 aromatic carbocycles. The molecule has 0 fully saturated rings. The van der Waals surface area contributed by atoms with E-state index in [2.05, 4.69) is 103 Å². The molecule has 1 nitrogen and oxygen atoms in total. The van der Waals surface area contributed by atoms with E-state index in [9.17, 15) is 0 Å². The minimum absolute atomic E-state index is 1.09. The van der Waals surface area contributed by atoms with Gasteiger partial charge in [0.15, 0.2) is 0 Å². The minimum atomic E-state index is 1.09. The summed E-state index contributed by atoms with van der Waals surface area (Å²) in [5, 5.41) is 2.54. The van der Waals surface area contributed by atoms with Crippen LogP contribution in [0.3, 0.4) is 0 Å². The first kappa shape index (κ1) is 13.1. The Hall–Kier alpha value is -1.58. The molecule has 4 aromatic rings. The van der Waals surface area contributed by atoms with Crippen LogP contribution >= 0.6 is 31.9 Å². The maximum Gasteiger partial charge on any atom is 0.0683 e. The van der Waals surface area contributed by atoms with Gasteiger partial charge in [-0.25, -0.2) is 0 Å². The molecule has 3 heteroatoms. The second-order valence-electron chi connectivity index (χ2n) is 4.96. The second-order valence-corrected chi connectivity index (χ2v) is 6.73. The molecule has 0 saturated heterocycles. The Labute approximate surface area is 139 Å². The van der Waals surface area contributed by atoms with E-state index in [1.807, 2.05) is 0 Å². The van der Waals surface area contributed by atoms with Gasteiger partial charge >= 0.3 is 0 Å². The summed E-state index contributed by atoms with van der Waals surface area (Å²) >= 11 is 7.21. The fraction of sp³-hybridized carbons (Fsp3) is 0. The molecule has 0 aliphatic carbocycles. The smallest absolute Gasteiger partial charge is 0.0683 e. The largest absolute Gasteiger partial charge is 0.308 e. The van der Waals surface area contributed by atoms with E-state index in [1.165, 1.54) is 21.8 Å². The molecule has 0 saturated carbocycles. The quantitative estimate of drug-likeness (QED) is 0.353. The lowest BCUT2D eigenvalue weighted by Gasteiger charge is -2.08. The van der Waals surface area contributed by atoms with Crippen LogP contribution in [0.2, 0.25) is 0 Å². The predicted molar refractivity (Wildman–Crippen MR) is 96.2 cm³/mol. The van der Waals surface area contributed by atoms with Crippen LogP contribution in [0.15, 0.2) is 75.7 Å². The van der Waals surface area contributed by atoms with Crippen LogP contribution in [0, 0.1) is 0 Å². The highest BCUT2D eigenvalue weighted by molar-refractivity contribution is 9.11. The molecule has 0 aliphatic heterocycles. The van der Waals surface area contributed by atoms with Crippen LogP contribution in [0.25, 0.3) is 27.5 Å². The summed E-state index contributed by atoms with van der Waals surface area (Å²) in [6.45, 7) is 0. The van der Waals surface area contributed by atoms with Crippen molar-refractivity contribution < 1.29 is 0 Å². The first-order valence-electron chi connectivity index (χ1n) is 6.69. The highest BCUT2D eigenvalue weighted by Crippen LogP contribution is 2.35.